The molecule has 0 saturated heterocycles. The maximum Gasteiger partial charge on any atom is 0.387 e. The van der Waals surface area contributed by atoms with Gasteiger partial charge in [-0.2, -0.15) is 8.78 Å². The minimum atomic E-state index is -3.07. The van der Waals surface area contributed by atoms with Crippen molar-refractivity contribution in [3.05, 3.63) is 17.9 Å². The zero-order valence-electron chi connectivity index (χ0n) is 12.2. The molecule has 0 fully saturated rings. The average Bonchev–Trinajstić information content (AvgIpc) is 2.29. The van der Waals surface area contributed by atoms with Crippen LogP contribution in [0.2, 0.25) is 0 Å². The highest BCUT2D eigenvalue weighted by molar-refractivity contribution is 5.70. The Morgan fingerprint density at radius 3 is 2.25 bits per heavy atom. The summed E-state index contributed by atoms with van der Waals surface area (Å²) in [5.74, 6) is -1.03. The molecule has 0 aliphatic heterocycles. The number of nitrogens with zero attached hydrogens (tertiary/aromatic N) is 1. The van der Waals surface area contributed by atoms with E-state index >= 15 is 0 Å². The van der Waals surface area contributed by atoms with Crippen LogP contribution in [-0.4, -0.2) is 19.2 Å². The van der Waals surface area contributed by atoms with Crippen molar-refractivity contribution in [2.45, 2.75) is 40.3 Å². The molecule has 1 aromatic carbocycles. The maximum atomic E-state index is 13.6. The fourth-order valence-electron chi connectivity index (χ4n) is 1.97. The van der Waals surface area contributed by atoms with Crippen LogP contribution in [-0.2, 0) is 0 Å². The highest BCUT2D eigenvalue weighted by Crippen LogP contribution is 2.33. The molecule has 0 aliphatic rings. The van der Waals surface area contributed by atoms with Crippen molar-refractivity contribution in [3.8, 4) is 5.75 Å². The number of halogens is 3. The van der Waals surface area contributed by atoms with Crippen molar-refractivity contribution < 1.29 is 17.9 Å². The van der Waals surface area contributed by atoms with E-state index < -0.39 is 18.2 Å². The molecule has 0 atom stereocenters. The molecule has 2 N–H and O–H groups in total. The second kappa shape index (κ2) is 6.72. The molecule has 114 valence electrons. The van der Waals surface area contributed by atoms with Gasteiger partial charge >= 0.3 is 6.61 Å². The van der Waals surface area contributed by atoms with Gasteiger partial charge in [0.2, 0.25) is 0 Å². The standard InChI is InChI=1S/C14H21F3N2O/c1-8(2)7-19(9(3)4)12-6-13(20-14(16)17)10(15)5-11(12)18/h5-6,8-9,14H,7,18H2,1-4H3. The third kappa shape index (κ3) is 4.21. The summed E-state index contributed by atoms with van der Waals surface area (Å²) in [6, 6.07) is 2.35. The van der Waals surface area contributed by atoms with Gasteiger partial charge in [-0.1, -0.05) is 13.8 Å². The number of rotatable bonds is 6. The van der Waals surface area contributed by atoms with Crippen LogP contribution in [0, 0.1) is 11.7 Å². The van der Waals surface area contributed by atoms with Crippen molar-refractivity contribution in [3.63, 3.8) is 0 Å². The number of anilines is 2. The number of nitrogens with two attached hydrogens (primary N) is 1. The quantitative estimate of drug-likeness (QED) is 0.808. The molecule has 1 aromatic rings. The molecule has 0 heterocycles. The lowest BCUT2D eigenvalue weighted by Crippen LogP contribution is -2.34. The number of hydrogen-bond acceptors (Lipinski definition) is 3. The van der Waals surface area contributed by atoms with Gasteiger partial charge < -0.3 is 15.4 Å². The van der Waals surface area contributed by atoms with E-state index in [-0.39, 0.29) is 11.7 Å². The van der Waals surface area contributed by atoms with Crippen molar-refractivity contribution in [2.24, 2.45) is 5.92 Å². The smallest absolute Gasteiger partial charge is 0.387 e. The molecule has 3 nitrogen and oxygen atoms in total. The number of hydrogen-bond donors (Lipinski definition) is 1. The molecule has 0 spiro atoms. The van der Waals surface area contributed by atoms with E-state index in [1.165, 1.54) is 6.07 Å². The first kappa shape index (κ1) is 16.5. The normalized spacial score (nSPS) is 11.5. The minimum absolute atomic E-state index is 0.101. The summed E-state index contributed by atoms with van der Waals surface area (Å²) in [6.45, 7) is 5.59. The van der Waals surface area contributed by atoms with Gasteiger partial charge in [-0.25, -0.2) is 4.39 Å². The highest BCUT2D eigenvalue weighted by atomic mass is 19.3. The molecular weight excluding hydrogens is 269 g/mol. The van der Waals surface area contributed by atoms with Crippen LogP contribution in [0.3, 0.4) is 0 Å². The molecule has 1 rings (SSSR count). The molecule has 0 aromatic heterocycles. The summed E-state index contributed by atoms with van der Waals surface area (Å²) in [5.41, 5.74) is 6.52. The topological polar surface area (TPSA) is 38.5 Å². The minimum Gasteiger partial charge on any atom is -0.432 e. The average molecular weight is 290 g/mol. The summed E-state index contributed by atoms with van der Waals surface area (Å²) in [7, 11) is 0. The fourth-order valence-corrected chi connectivity index (χ4v) is 1.97. The van der Waals surface area contributed by atoms with E-state index in [4.69, 9.17) is 5.73 Å². The molecule has 0 aliphatic carbocycles. The lowest BCUT2D eigenvalue weighted by Gasteiger charge is -2.32. The zero-order chi connectivity index (χ0) is 15.4. The Balaban J connectivity index is 3.19. The molecule has 0 unspecified atom stereocenters. The summed E-state index contributed by atoms with van der Waals surface area (Å²) < 4.78 is 42.3. The molecule has 0 amide bonds. The summed E-state index contributed by atoms with van der Waals surface area (Å²) in [4.78, 5) is 1.94. The predicted molar refractivity (Wildman–Crippen MR) is 74.8 cm³/mol. The van der Waals surface area contributed by atoms with Crippen molar-refractivity contribution in [1.29, 1.82) is 0 Å². The lowest BCUT2D eigenvalue weighted by atomic mass is 10.1. The van der Waals surface area contributed by atoms with Gasteiger partial charge in [0, 0.05) is 24.7 Å². The fraction of sp³-hybridized carbons (Fsp3) is 0.571. The number of nitrogen functional groups attached to an aromatic ring is 1. The molecule has 0 bridgehead atoms. The Bertz CT molecular complexity index is 450. The van der Waals surface area contributed by atoms with Gasteiger partial charge in [-0.3, -0.25) is 0 Å². The first-order valence-corrected chi connectivity index (χ1v) is 6.52. The third-order valence-corrected chi connectivity index (χ3v) is 2.79. The number of alkyl halides is 2. The Hall–Kier alpha value is -1.59. The van der Waals surface area contributed by atoms with E-state index in [0.29, 0.717) is 18.2 Å². The van der Waals surface area contributed by atoms with Gasteiger partial charge in [-0.05, 0) is 19.8 Å². The van der Waals surface area contributed by atoms with E-state index in [2.05, 4.69) is 4.74 Å². The van der Waals surface area contributed by atoms with Crippen LogP contribution in [0.25, 0.3) is 0 Å². The van der Waals surface area contributed by atoms with Crippen molar-refractivity contribution in [2.75, 3.05) is 17.2 Å². The first-order chi connectivity index (χ1) is 9.22. The molecule has 0 saturated carbocycles. The van der Waals surface area contributed by atoms with E-state index in [9.17, 15) is 13.2 Å². The largest absolute Gasteiger partial charge is 0.432 e. The Labute approximate surface area is 117 Å². The van der Waals surface area contributed by atoms with Crippen molar-refractivity contribution >= 4 is 11.4 Å². The Kier molecular flexibility index (Phi) is 5.53. The van der Waals surface area contributed by atoms with Crippen LogP contribution in [0.1, 0.15) is 27.7 Å². The molecular formula is C14H21F3N2O. The summed E-state index contributed by atoms with van der Waals surface area (Å²) >= 11 is 0. The van der Waals surface area contributed by atoms with Gasteiger partial charge in [0.1, 0.15) is 0 Å². The molecule has 6 heteroatoms. The Morgan fingerprint density at radius 1 is 1.20 bits per heavy atom. The van der Waals surface area contributed by atoms with Crippen molar-refractivity contribution in [1.82, 2.24) is 0 Å². The lowest BCUT2D eigenvalue weighted by molar-refractivity contribution is -0.0521. The SMILES string of the molecule is CC(C)CN(c1cc(OC(F)F)c(F)cc1N)C(C)C. The van der Waals surface area contributed by atoms with Crippen LogP contribution >= 0.6 is 0 Å². The molecule has 20 heavy (non-hydrogen) atoms. The van der Waals surface area contributed by atoms with Crippen LogP contribution in [0.5, 0.6) is 5.75 Å². The third-order valence-electron chi connectivity index (χ3n) is 2.79. The maximum absolute atomic E-state index is 13.6. The predicted octanol–water partition coefficient (Wildman–Crippen LogP) is 3.88. The van der Waals surface area contributed by atoms with Gasteiger partial charge in [0.05, 0.1) is 11.4 Å². The summed E-state index contributed by atoms with van der Waals surface area (Å²) in [6.07, 6.45) is 0. The van der Waals surface area contributed by atoms with Gasteiger partial charge in [-0.15, -0.1) is 0 Å². The van der Waals surface area contributed by atoms with Gasteiger partial charge in [0.25, 0.3) is 0 Å². The monoisotopic (exact) mass is 290 g/mol. The second-order valence-electron chi connectivity index (χ2n) is 5.36. The van der Waals surface area contributed by atoms with E-state index in [1.807, 2.05) is 32.6 Å². The van der Waals surface area contributed by atoms with E-state index in [0.717, 1.165) is 6.07 Å². The zero-order valence-corrected chi connectivity index (χ0v) is 12.2. The number of benzene rings is 1. The van der Waals surface area contributed by atoms with E-state index in [1.54, 1.807) is 0 Å². The van der Waals surface area contributed by atoms with Gasteiger partial charge in [0.15, 0.2) is 11.6 Å². The second-order valence-corrected chi connectivity index (χ2v) is 5.36. The van der Waals surface area contributed by atoms with Crippen LogP contribution in [0.4, 0.5) is 24.5 Å². The molecule has 0 radical (unpaired) electrons. The Morgan fingerprint density at radius 2 is 1.80 bits per heavy atom. The van der Waals surface area contributed by atoms with Crippen LogP contribution < -0.4 is 15.4 Å². The van der Waals surface area contributed by atoms with Crippen LogP contribution in [0.15, 0.2) is 12.1 Å². The number of ether oxygens (including phenoxy) is 1. The summed E-state index contributed by atoms with van der Waals surface area (Å²) in [5, 5.41) is 0. The first-order valence-electron chi connectivity index (χ1n) is 6.52. The highest BCUT2D eigenvalue weighted by Gasteiger charge is 2.19.